The number of phenols is 1. The fourth-order valence-corrected chi connectivity index (χ4v) is 1.31. The molecular formula is C12H14F3NO3. The lowest BCUT2D eigenvalue weighted by atomic mass is 10.2. The van der Waals surface area contributed by atoms with E-state index in [-0.39, 0.29) is 18.8 Å². The zero-order valence-corrected chi connectivity index (χ0v) is 10.3. The average molecular weight is 277 g/mol. The molecule has 1 rings (SSSR count). The minimum absolute atomic E-state index is 0.103. The first-order valence-corrected chi connectivity index (χ1v) is 5.52. The fourth-order valence-electron chi connectivity index (χ4n) is 1.31. The van der Waals surface area contributed by atoms with Gasteiger partial charge >= 0.3 is 6.18 Å². The summed E-state index contributed by atoms with van der Waals surface area (Å²) in [5.41, 5.74) is 1.06. The van der Waals surface area contributed by atoms with Crippen molar-refractivity contribution >= 4 is 11.6 Å². The molecule has 4 nitrogen and oxygen atoms in total. The van der Waals surface area contributed by atoms with Gasteiger partial charge in [-0.1, -0.05) is 0 Å². The number of hydrogen-bond acceptors (Lipinski definition) is 3. The van der Waals surface area contributed by atoms with E-state index in [2.05, 4.69) is 10.1 Å². The topological polar surface area (TPSA) is 58.6 Å². The summed E-state index contributed by atoms with van der Waals surface area (Å²) < 4.78 is 39.6. The van der Waals surface area contributed by atoms with Gasteiger partial charge < -0.3 is 15.2 Å². The third kappa shape index (κ3) is 6.10. The highest BCUT2D eigenvalue weighted by molar-refractivity contribution is 5.90. The normalized spacial score (nSPS) is 11.4. The van der Waals surface area contributed by atoms with Crippen LogP contribution >= 0.6 is 0 Å². The van der Waals surface area contributed by atoms with Crippen LogP contribution in [-0.4, -0.2) is 30.4 Å². The van der Waals surface area contributed by atoms with Crippen LogP contribution in [0, 0.1) is 6.92 Å². The summed E-state index contributed by atoms with van der Waals surface area (Å²) in [5, 5.41) is 11.8. The van der Waals surface area contributed by atoms with Gasteiger partial charge in [0.1, 0.15) is 12.4 Å². The summed E-state index contributed by atoms with van der Waals surface area (Å²) >= 11 is 0. The Labute approximate surface area is 108 Å². The first-order chi connectivity index (χ1) is 8.78. The molecule has 0 bridgehead atoms. The Bertz CT molecular complexity index is 446. The number of alkyl halides is 3. The molecule has 0 saturated heterocycles. The molecule has 0 aliphatic rings. The van der Waals surface area contributed by atoms with E-state index in [4.69, 9.17) is 0 Å². The molecule has 0 radical (unpaired) electrons. The van der Waals surface area contributed by atoms with Crippen LogP contribution in [-0.2, 0) is 9.53 Å². The summed E-state index contributed by atoms with van der Waals surface area (Å²) in [4.78, 5) is 11.4. The lowest BCUT2D eigenvalue weighted by Gasteiger charge is -2.09. The van der Waals surface area contributed by atoms with Crippen molar-refractivity contribution < 1.29 is 27.8 Å². The van der Waals surface area contributed by atoms with Gasteiger partial charge in [-0.25, -0.2) is 0 Å². The SMILES string of the molecule is Cc1cc(NC(=O)CCOCC(F)(F)F)ccc1O. The highest BCUT2D eigenvalue weighted by Crippen LogP contribution is 2.20. The molecule has 106 valence electrons. The standard InChI is InChI=1S/C12H14F3NO3/c1-8-6-9(2-3-10(8)17)16-11(18)4-5-19-7-12(13,14)15/h2-3,6,17H,4-5,7H2,1H3,(H,16,18). The maximum Gasteiger partial charge on any atom is 0.411 e. The van der Waals surface area contributed by atoms with Gasteiger partial charge in [0.15, 0.2) is 0 Å². The summed E-state index contributed by atoms with van der Waals surface area (Å²) in [6.45, 7) is -0.00155. The zero-order chi connectivity index (χ0) is 14.5. The Balaban J connectivity index is 2.33. The van der Waals surface area contributed by atoms with Crippen LogP contribution in [0.3, 0.4) is 0 Å². The molecule has 1 aromatic carbocycles. The lowest BCUT2D eigenvalue weighted by Crippen LogP contribution is -2.20. The van der Waals surface area contributed by atoms with Crippen LogP contribution in [0.1, 0.15) is 12.0 Å². The molecule has 1 aromatic rings. The molecule has 2 N–H and O–H groups in total. The van der Waals surface area contributed by atoms with Crippen molar-refractivity contribution in [3.8, 4) is 5.75 Å². The number of nitrogens with one attached hydrogen (secondary N) is 1. The van der Waals surface area contributed by atoms with Crippen LogP contribution in [0.4, 0.5) is 18.9 Å². The van der Waals surface area contributed by atoms with Crippen molar-refractivity contribution in [3.05, 3.63) is 23.8 Å². The molecule has 19 heavy (non-hydrogen) atoms. The number of hydrogen-bond donors (Lipinski definition) is 2. The second-order valence-electron chi connectivity index (χ2n) is 3.97. The van der Waals surface area contributed by atoms with Gasteiger partial charge in [-0.2, -0.15) is 13.2 Å². The van der Waals surface area contributed by atoms with Gasteiger partial charge in [-0.3, -0.25) is 4.79 Å². The number of ether oxygens (including phenoxy) is 1. The van der Waals surface area contributed by atoms with Gasteiger partial charge in [0.2, 0.25) is 5.91 Å². The first-order valence-electron chi connectivity index (χ1n) is 5.52. The highest BCUT2D eigenvalue weighted by Gasteiger charge is 2.27. The number of aromatic hydroxyl groups is 1. The van der Waals surface area contributed by atoms with Gasteiger partial charge in [0.25, 0.3) is 0 Å². The molecule has 0 fully saturated rings. The van der Waals surface area contributed by atoms with E-state index in [1.807, 2.05) is 0 Å². The maximum atomic E-state index is 11.8. The van der Waals surface area contributed by atoms with Crippen LogP contribution in [0.5, 0.6) is 5.75 Å². The smallest absolute Gasteiger partial charge is 0.411 e. The summed E-state index contributed by atoms with van der Waals surface area (Å²) in [6.07, 6.45) is -4.56. The Kier molecular flexibility index (Phi) is 5.17. The number of carbonyl (C=O) groups is 1. The van der Waals surface area contributed by atoms with Crippen LogP contribution in [0.25, 0.3) is 0 Å². The van der Waals surface area contributed by atoms with Gasteiger partial charge in [0, 0.05) is 5.69 Å². The van der Waals surface area contributed by atoms with E-state index < -0.39 is 18.7 Å². The van der Waals surface area contributed by atoms with Crippen LogP contribution in [0.15, 0.2) is 18.2 Å². The van der Waals surface area contributed by atoms with E-state index in [9.17, 15) is 23.1 Å². The monoisotopic (exact) mass is 277 g/mol. The number of rotatable bonds is 5. The Morgan fingerprint density at radius 1 is 1.42 bits per heavy atom. The molecule has 0 aromatic heterocycles. The fraction of sp³-hybridized carbons (Fsp3) is 0.417. The van der Waals surface area contributed by atoms with Crippen molar-refractivity contribution in [3.63, 3.8) is 0 Å². The summed E-state index contributed by atoms with van der Waals surface area (Å²) in [5.74, 6) is -0.348. The van der Waals surface area contributed by atoms with Gasteiger partial charge in [0.05, 0.1) is 13.0 Å². The minimum atomic E-state index is -4.38. The third-order valence-electron chi connectivity index (χ3n) is 2.22. The maximum absolute atomic E-state index is 11.8. The second kappa shape index (κ2) is 6.42. The molecule has 0 heterocycles. The van der Waals surface area contributed by atoms with Crippen LogP contribution < -0.4 is 5.32 Å². The summed E-state index contributed by atoms with van der Waals surface area (Å²) in [6, 6.07) is 4.48. The zero-order valence-electron chi connectivity index (χ0n) is 10.3. The van der Waals surface area contributed by atoms with Crippen molar-refractivity contribution in [2.75, 3.05) is 18.5 Å². The molecule has 0 aliphatic carbocycles. The van der Waals surface area contributed by atoms with E-state index in [0.29, 0.717) is 11.3 Å². The summed E-state index contributed by atoms with van der Waals surface area (Å²) in [7, 11) is 0. The number of anilines is 1. The van der Waals surface area contributed by atoms with Crippen molar-refractivity contribution in [2.45, 2.75) is 19.5 Å². The number of halogens is 3. The highest BCUT2D eigenvalue weighted by atomic mass is 19.4. The van der Waals surface area contributed by atoms with Crippen molar-refractivity contribution in [2.24, 2.45) is 0 Å². The minimum Gasteiger partial charge on any atom is -0.508 e. The number of amides is 1. The number of benzene rings is 1. The van der Waals surface area contributed by atoms with Gasteiger partial charge in [-0.15, -0.1) is 0 Å². The predicted octanol–water partition coefficient (Wildman–Crippen LogP) is 2.61. The number of carbonyl (C=O) groups excluding carboxylic acids is 1. The molecule has 0 saturated carbocycles. The third-order valence-corrected chi connectivity index (χ3v) is 2.22. The molecular weight excluding hydrogens is 263 g/mol. The molecule has 0 aliphatic heterocycles. The molecule has 0 unspecified atom stereocenters. The Morgan fingerprint density at radius 3 is 2.68 bits per heavy atom. The largest absolute Gasteiger partial charge is 0.508 e. The molecule has 1 amide bonds. The number of phenolic OH excluding ortho intramolecular Hbond substituents is 1. The van der Waals surface area contributed by atoms with Crippen LogP contribution in [0.2, 0.25) is 0 Å². The lowest BCUT2D eigenvalue weighted by molar-refractivity contribution is -0.174. The van der Waals surface area contributed by atoms with E-state index in [0.717, 1.165) is 0 Å². The predicted molar refractivity (Wildman–Crippen MR) is 63.0 cm³/mol. The van der Waals surface area contributed by atoms with E-state index >= 15 is 0 Å². The van der Waals surface area contributed by atoms with E-state index in [1.165, 1.54) is 12.1 Å². The number of aryl methyl sites for hydroxylation is 1. The Morgan fingerprint density at radius 2 is 2.11 bits per heavy atom. The molecule has 7 heteroatoms. The average Bonchev–Trinajstić information content (AvgIpc) is 2.28. The second-order valence-corrected chi connectivity index (χ2v) is 3.97. The molecule has 0 spiro atoms. The van der Waals surface area contributed by atoms with Crippen molar-refractivity contribution in [1.29, 1.82) is 0 Å². The Hall–Kier alpha value is -1.76. The van der Waals surface area contributed by atoms with E-state index in [1.54, 1.807) is 13.0 Å². The molecule has 0 atom stereocenters. The first kappa shape index (κ1) is 15.3. The van der Waals surface area contributed by atoms with Crippen molar-refractivity contribution in [1.82, 2.24) is 0 Å². The quantitative estimate of drug-likeness (QED) is 0.642. The van der Waals surface area contributed by atoms with Gasteiger partial charge in [-0.05, 0) is 30.7 Å².